The molecule has 0 saturated carbocycles. The van der Waals surface area contributed by atoms with Gasteiger partial charge in [0, 0.05) is 55.0 Å². The maximum atomic E-state index is 7.15. The number of allylic oxidation sites excluding steroid dienone is 1. The third-order valence-corrected chi connectivity index (χ3v) is 15.3. The number of furan rings is 2. The molecule has 0 amide bonds. The minimum Gasteiger partial charge on any atom is -0.456 e. The number of hydrogen-bond donors (Lipinski definition) is 0. The highest BCUT2D eigenvalue weighted by molar-refractivity contribution is 6.88. The maximum Gasteiger partial charge on any atom is 0.160 e. The quantitative estimate of drug-likeness (QED) is 0.163. The van der Waals surface area contributed by atoms with Crippen molar-refractivity contribution >= 4 is 91.1 Å². The monoisotopic (exact) mass is 780 g/mol. The molecule has 0 bridgehead atoms. The fourth-order valence-electron chi connectivity index (χ4n) is 10.3. The number of nitrogens with zero attached hydrogens (tertiary/aromatic N) is 2. The first-order valence-corrected chi connectivity index (χ1v) is 24.4. The van der Waals surface area contributed by atoms with E-state index in [1.54, 1.807) is 0 Å². The highest BCUT2D eigenvalue weighted by atomic mass is 28.3. The number of hydrogen-bond acceptors (Lipinski definition) is 3. The Kier molecular flexibility index (Phi) is 7.15. The molecular weight excluding hydrogens is 737 g/mol. The first kappa shape index (κ1) is 34.5. The Bertz CT molecular complexity index is 3390. The summed E-state index contributed by atoms with van der Waals surface area (Å²) >= 11 is 0. The van der Waals surface area contributed by atoms with Gasteiger partial charge in [0.15, 0.2) is 5.58 Å². The van der Waals surface area contributed by atoms with E-state index in [9.17, 15) is 0 Å². The van der Waals surface area contributed by atoms with Crippen LogP contribution < -0.4 is 10.1 Å². The average Bonchev–Trinajstić information content (AvgIpc) is 3.98. The van der Waals surface area contributed by atoms with Gasteiger partial charge in [-0.15, -0.1) is 0 Å². The van der Waals surface area contributed by atoms with Crippen LogP contribution in [0.5, 0.6) is 0 Å². The van der Waals surface area contributed by atoms with Gasteiger partial charge in [0.25, 0.3) is 0 Å². The van der Waals surface area contributed by atoms with Gasteiger partial charge in [-0.2, -0.15) is 0 Å². The van der Waals surface area contributed by atoms with Crippen molar-refractivity contribution in [3.63, 3.8) is 0 Å². The summed E-state index contributed by atoms with van der Waals surface area (Å²) in [5, 5.41) is 7.43. The number of aromatic nitrogens is 1. The van der Waals surface area contributed by atoms with Gasteiger partial charge in [0.05, 0.1) is 24.8 Å². The first-order valence-electron chi connectivity index (χ1n) is 20.9. The van der Waals surface area contributed by atoms with Crippen LogP contribution in [0.25, 0.3) is 77.6 Å². The van der Waals surface area contributed by atoms with Crippen LogP contribution >= 0.6 is 0 Å². The Morgan fingerprint density at radius 1 is 0.610 bits per heavy atom. The van der Waals surface area contributed by atoms with Gasteiger partial charge >= 0.3 is 0 Å². The van der Waals surface area contributed by atoms with E-state index in [0.29, 0.717) is 0 Å². The SMILES string of the molecule is CC1(C)c2ccc3oc4c(c3c2-c2c1cc(N(c1ccc([Si](C)(C)C)cc1)c1ccc3c(c1)c1ccccc1n3-c1ccccc1)c1oc3ccccc3c21)CCC=C4. The summed E-state index contributed by atoms with van der Waals surface area (Å²) in [4.78, 5) is 2.45. The van der Waals surface area contributed by atoms with Gasteiger partial charge in [-0.3, -0.25) is 0 Å². The number of aryl methyl sites for hydroxylation is 1. The molecule has 3 aromatic heterocycles. The van der Waals surface area contributed by atoms with E-state index in [1.165, 1.54) is 65.6 Å². The molecular formula is C54H44N2O2Si. The maximum absolute atomic E-state index is 7.15. The molecule has 2 aliphatic carbocycles. The number of rotatable bonds is 5. The fraction of sp³-hybridized carbons (Fsp3) is 0.148. The summed E-state index contributed by atoms with van der Waals surface area (Å²) in [7, 11) is -1.56. The van der Waals surface area contributed by atoms with Crippen LogP contribution in [-0.4, -0.2) is 12.6 Å². The normalized spacial score (nSPS) is 14.5. The second-order valence-electron chi connectivity index (χ2n) is 18.0. The molecule has 0 saturated heterocycles. The molecule has 0 atom stereocenters. The number of anilines is 3. The number of para-hydroxylation sites is 3. The zero-order valence-electron chi connectivity index (χ0n) is 34.1. The van der Waals surface area contributed by atoms with E-state index in [2.05, 4.69) is 195 Å². The molecule has 2 aliphatic rings. The molecule has 12 rings (SSSR count). The van der Waals surface area contributed by atoms with E-state index in [-0.39, 0.29) is 5.41 Å². The van der Waals surface area contributed by atoms with Crippen molar-refractivity contribution in [2.75, 3.05) is 4.90 Å². The zero-order valence-corrected chi connectivity index (χ0v) is 35.1. The molecule has 286 valence electrons. The van der Waals surface area contributed by atoms with Gasteiger partial charge in [-0.05, 0) is 108 Å². The van der Waals surface area contributed by atoms with Gasteiger partial charge in [-0.1, -0.05) is 118 Å². The molecule has 0 spiro atoms. The van der Waals surface area contributed by atoms with Gasteiger partial charge in [0.2, 0.25) is 0 Å². The molecule has 3 heterocycles. The summed E-state index contributed by atoms with van der Waals surface area (Å²) in [6, 6.07) is 51.4. The van der Waals surface area contributed by atoms with E-state index in [1.807, 2.05) is 0 Å². The second kappa shape index (κ2) is 12.2. The molecule has 0 radical (unpaired) electrons. The van der Waals surface area contributed by atoms with Crippen LogP contribution in [-0.2, 0) is 11.8 Å². The zero-order chi connectivity index (χ0) is 39.8. The van der Waals surface area contributed by atoms with Gasteiger partial charge < -0.3 is 18.3 Å². The molecule has 10 aromatic rings. The van der Waals surface area contributed by atoms with Crippen molar-refractivity contribution in [1.29, 1.82) is 0 Å². The van der Waals surface area contributed by atoms with Crippen LogP contribution in [0.2, 0.25) is 19.6 Å². The fourth-order valence-corrected chi connectivity index (χ4v) is 11.5. The summed E-state index contributed by atoms with van der Waals surface area (Å²) in [5.41, 5.74) is 15.7. The first-order chi connectivity index (χ1) is 28.7. The van der Waals surface area contributed by atoms with Crippen LogP contribution in [0.4, 0.5) is 17.1 Å². The van der Waals surface area contributed by atoms with Gasteiger partial charge in [-0.25, -0.2) is 0 Å². The lowest BCUT2D eigenvalue weighted by atomic mass is 9.81. The second-order valence-corrected chi connectivity index (χ2v) is 23.1. The molecule has 4 nitrogen and oxygen atoms in total. The smallest absolute Gasteiger partial charge is 0.160 e. The van der Waals surface area contributed by atoms with Gasteiger partial charge in [0.1, 0.15) is 16.9 Å². The van der Waals surface area contributed by atoms with Crippen LogP contribution in [0.1, 0.15) is 42.7 Å². The molecule has 0 N–H and O–H groups in total. The number of benzene rings is 7. The van der Waals surface area contributed by atoms with E-state index >= 15 is 0 Å². The predicted molar refractivity (Wildman–Crippen MR) is 250 cm³/mol. The molecule has 5 heteroatoms. The van der Waals surface area contributed by atoms with E-state index < -0.39 is 8.07 Å². The average molecular weight is 781 g/mol. The molecule has 0 unspecified atom stereocenters. The van der Waals surface area contributed by atoms with Crippen molar-refractivity contribution in [3.8, 4) is 16.8 Å². The highest BCUT2D eigenvalue weighted by Gasteiger charge is 2.41. The Balaban J connectivity index is 1.18. The van der Waals surface area contributed by atoms with Crippen molar-refractivity contribution in [2.24, 2.45) is 0 Å². The summed E-state index contributed by atoms with van der Waals surface area (Å²) in [5.74, 6) is 0.993. The number of fused-ring (bicyclic) bond motifs is 14. The van der Waals surface area contributed by atoms with E-state index in [4.69, 9.17) is 8.83 Å². The van der Waals surface area contributed by atoms with Crippen molar-refractivity contribution in [3.05, 3.63) is 168 Å². The lowest BCUT2D eigenvalue weighted by molar-refractivity contribution is 0.595. The summed E-state index contributed by atoms with van der Waals surface area (Å²) in [6.45, 7) is 12.0. The summed E-state index contributed by atoms with van der Waals surface area (Å²) in [6.07, 6.45) is 6.39. The molecule has 0 fully saturated rings. The Morgan fingerprint density at radius 3 is 2.14 bits per heavy atom. The lowest BCUT2D eigenvalue weighted by Crippen LogP contribution is -2.37. The largest absolute Gasteiger partial charge is 0.456 e. The van der Waals surface area contributed by atoms with Crippen molar-refractivity contribution < 1.29 is 8.83 Å². The van der Waals surface area contributed by atoms with Crippen molar-refractivity contribution in [1.82, 2.24) is 4.57 Å². The third-order valence-electron chi connectivity index (χ3n) is 13.2. The van der Waals surface area contributed by atoms with Crippen LogP contribution in [0.15, 0.2) is 154 Å². The highest BCUT2D eigenvalue weighted by Crippen LogP contribution is 2.59. The van der Waals surface area contributed by atoms with Crippen molar-refractivity contribution in [2.45, 2.75) is 51.7 Å². The molecule has 7 aromatic carbocycles. The minimum atomic E-state index is -1.56. The third kappa shape index (κ3) is 4.88. The standard InChI is InChI=1S/C54H44N2O2Si/c1-54(2)41-28-30-48-49(38-18-10-13-21-46(38)57-48)51(41)52-42(54)32-45(53-50(52)39-19-11-14-22-47(39)58-53)55(34-23-26-36(27-24-34)59(3,4)5)35-25-29-44-40(31-35)37-17-9-12-20-43(37)56(44)33-15-7-6-8-16-33/h6-9,11-17,19-32H,10,18H2,1-5H3. The summed E-state index contributed by atoms with van der Waals surface area (Å²) < 4.78 is 16.1. The minimum absolute atomic E-state index is 0.282. The lowest BCUT2D eigenvalue weighted by Gasteiger charge is -2.29. The molecule has 0 aliphatic heterocycles. The van der Waals surface area contributed by atoms with Crippen LogP contribution in [0.3, 0.4) is 0 Å². The predicted octanol–water partition coefficient (Wildman–Crippen LogP) is 14.7. The topological polar surface area (TPSA) is 34.5 Å². The molecule has 59 heavy (non-hydrogen) atoms. The Morgan fingerprint density at radius 2 is 1.32 bits per heavy atom. The Hall–Kier alpha value is -6.56. The Labute approximate surface area is 344 Å². The van der Waals surface area contributed by atoms with Crippen LogP contribution in [0, 0.1) is 0 Å². The van der Waals surface area contributed by atoms with E-state index in [0.717, 1.165) is 63.5 Å².